The molecule has 0 amide bonds. The predicted molar refractivity (Wildman–Crippen MR) is 146 cm³/mol. The van der Waals surface area contributed by atoms with Crippen molar-refractivity contribution in [3.05, 3.63) is 111 Å². The summed E-state index contributed by atoms with van der Waals surface area (Å²) in [5.41, 5.74) is 10.8. The van der Waals surface area contributed by atoms with Crippen molar-refractivity contribution in [2.24, 2.45) is 0 Å². The van der Waals surface area contributed by atoms with Gasteiger partial charge in [0.25, 0.3) is 0 Å². The molecular formula is C30H25Br2N. The molecule has 2 aliphatic rings. The molecule has 1 nitrogen and oxygen atoms in total. The maximum Gasteiger partial charge on any atom is 0.0467 e. The Bertz CT molecular complexity index is 1280. The highest BCUT2D eigenvalue weighted by atomic mass is 79.9. The van der Waals surface area contributed by atoms with Gasteiger partial charge in [0.15, 0.2) is 0 Å². The summed E-state index contributed by atoms with van der Waals surface area (Å²) in [5.74, 6) is 1.57. The van der Waals surface area contributed by atoms with Crippen LogP contribution in [0.3, 0.4) is 0 Å². The number of hydrogen-bond donors (Lipinski definition) is 0. The zero-order valence-electron chi connectivity index (χ0n) is 18.6. The topological polar surface area (TPSA) is 3.24 Å². The van der Waals surface area contributed by atoms with Gasteiger partial charge in [0, 0.05) is 26.0 Å². The molecule has 0 aliphatic heterocycles. The number of nitrogens with zero attached hydrogens (tertiary/aromatic N) is 1. The van der Waals surface area contributed by atoms with Gasteiger partial charge in [0.2, 0.25) is 0 Å². The van der Waals surface area contributed by atoms with Crippen LogP contribution in [0.25, 0.3) is 11.1 Å². The third-order valence-corrected chi connectivity index (χ3v) is 8.36. The van der Waals surface area contributed by atoms with Crippen LogP contribution in [-0.2, 0) is 0 Å². The normalized spacial score (nSPS) is 18.4. The molecule has 2 aliphatic carbocycles. The van der Waals surface area contributed by atoms with E-state index in [1.807, 2.05) is 0 Å². The number of hydrogen-bond acceptors (Lipinski definition) is 1. The zero-order chi connectivity index (χ0) is 22.5. The fourth-order valence-electron chi connectivity index (χ4n) is 5.87. The van der Waals surface area contributed by atoms with E-state index in [2.05, 4.69) is 129 Å². The molecule has 33 heavy (non-hydrogen) atoms. The molecule has 3 heteroatoms. The van der Waals surface area contributed by atoms with Gasteiger partial charge >= 0.3 is 0 Å². The van der Waals surface area contributed by atoms with Gasteiger partial charge in [-0.05, 0) is 127 Å². The molecule has 0 saturated heterocycles. The standard InChI is InChI=1S/C30H25Br2N/c1-19-15-23(18-29-21-5-6-22(16-21)30(19)29)20-3-2-4-28(17-20)33(26-11-7-24(31)8-12-26)27-13-9-25(32)10-14-27/h2-4,7-15,17-18,21-22H,5-6,16H2,1H3. The largest absolute Gasteiger partial charge is 0.310 e. The van der Waals surface area contributed by atoms with Crippen molar-refractivity contribution in [1.29, 1.82) is 0 Å². The fourth-order valence-corrected chi connectivity index (χ4v) is 6.39. The molecule has 1 saturated carbocycles. The van der Waals surface area contributed by atoms with Crippen molar-refractivity contribution >= 4 is 48.9 Å². The lowest BCUT2D eigenvalue weighted by Gasteiger charge is -2.26. The van der Waals surface area contributed by atoms with Crippen molar-refractivity contribution in [3.8, 4) is 11.1 Å². The quantitative estimate of drug-likeness (QED) is 0.241. The summed E-state index contributed by atoms with van der Waals surface area (Å²) in [5, 5.41) is 0. The van der Waals surface area contributed by atoms with E-state index in [1.54, 1.807) is 11.1 Å². The third-order valence-electron chi connectivity index (χ3n) is 7.31. The van der Waals surface area contributed by atoms with Crippen molar-refractivity contribution in [2.75, 3.05) is 4.90 Å². The van der Waals surface area contributed by atoms with Crippen LogP contribution in [0, 0.1) is 6.92 Å². The molecule has 164 valence electrons. The minimum Gasteiger partial charge on any atom is -0.310 e. The SMILES string of the molecule is Cc1cc(-c2cccc(N(c3ccc(Br)cc3)c3ccc(Br)cc3)c2)cc2c1C1CCC2C1. The fraction of sp³-hybridized carbons (Fsp3) is 0.200. The molecule has 0 N–H and O–H groups in total. The van der Waals surface area contributed by atoms with Gasteiger partial charge in [-0.2, -0.15) is 0 Å². The average Bonchev–Trinajstić information content (AvgIpc) is 3.45. The number of rotatable bonds is 4. The minimum atomic E-state index is 0.772. The van der Waals surface area contributed by atoms with Crippen LogP contribution < -0.4 is 4.90 Å². The summed E-state index contributed by atoms with van der Waals surface area (Å²) in [6.07, 6.45) is 4.10. The van der Waals surface area contributed by atoms with Crippen LogP contribution in [0.5, 0.6) is 0 Å². The zero-order valence-corrected chi connectivity index (χ0v) is 21.7. The summed E-state index contributed by atoms with van der Waals surface area (Å²) in [6.45, 7) is 2.31. The van der Waals surface area contributed by atoms with E-state index < -0.39 is 0 Å². The van der Waals surface area contributed by atoms with Crippen molar-refractivity contribution < 1.29 is 0 Å². The Labute approximate surface area is 212 Å². The second-order valence-electron chi connectivity index (χ2n) is 9.34. The van der Waals surface area contributed by atoms with Gasteiger partial charge < -0.3 is 4.90 Å². The van der Waals surface area contributed by atoms with Crippen LogP contribution in [0.2, 0.25) is 0 Å². The highest BCUT2D eigenvalue weighted by molar-refractivity contribution is 9.10. The number of benzene rings is 4. The molecule has 0 radical (unpaired) electrons. The van der Waals surface area contributed by atoms with E-state index in [4.69, 9.17) is 0 Å². The first-order valence-corrected chi connectivity index (χ1v) is 13.2. The van der Waals surface area contributed by atoms with Gasteiger partial charge in [0.1, 0.15) is 0 Å². The lowest BCUT2D eigenvalue weighted by atomic mass is 9.86. The maximum absolute atomic E-state index is 3.58. The van der Waals surface area contributed by atoms with Crippen molar-refractivity contribution in [3.63, 3.8) is 0 Å². The lowest BCUT2D eigenvalue weighted by Crippen LogP contribution is -2.09. The van der Waals surface area contributed by atoms with E-state index in [0.717, 1.165) is 37.8 Å². The number of fused-ring (bicyclic) bond motifs is 5. The van der Waals surface area contributed by atoms with Crippen molar-refractivity contribution in [2.45, 2.75) is 38.0 Å². The van der Waals surface area contributed by atoms with E-state index >= 15 is 0 Å². The van der Waals surface area contributed by atoms with Crippen LogP contribution in [0.4, 0.5) is 17.1 Å². The molecule has 0 spiro atoms. The highest BCUT2D eigenvalue weighted by Gasteiger charge is 2.37. The molecule has 2 unspecified atom stereocenters. The van der Waals surface area contributed by atoms with Gasteiger partial charge in [0.05, 0.1) is 0 Å². The van der Waals surface area contributed by atoms with Crippen molar-refractivity contribution in [1.82, 2.24) is 0 Å². The second-order valence-corrected chi connectivity index (χ2v) is 11.2. The van der Waals surface area contributed by atoms with E-state index in [0.29, 0.717) is 0 Å². The number of anilines is 3. The molecule has 6 rings (SSSR count). The second kappa shape index (κ2) is 8.45. The third kappa shape index (κ3) is 3.86. The Kier molecular flexibility index (Phi) is 5.43. The van der Waals surface area contributed by atoms with Crippen LogP contribution in [0.15, 0.2) is 93.9 Å². The van der Waals surface area contributed by atoms with Crippen LogP contribution >= 0.6 is 31.9 Å². The Morgan fingerprint density at radius 1 is 0.667 bits per heavy atom. The van der Waals surface area contributed by atoms with Gasteiger partial charge in [-0.3, -0.25) is 0 Å². The van der Waals surface area contributed by atoms with E-state index in [1.165, 1.54) is 36.0 Å². The summed E-state index contributed by atoms with van der Waals surface area (Å²) in [7, 11) is 0. The van der Waals surface area contributed by atoms with Gasteiger partial charge in [-0.1, -0.05) is 56.1 Å². The predicted octanol–water partition coefficient (Wildman–Crippen LogP) is 10.0. The molecule has 0 heterocycles. The first-order valence-electron chi connectivity index (χ1n) is 11.6. The Morgan fingerprint density at radius 3 is 1.97 bits per heavy atom. The number of aryl methyl sites for hydroxylation is 1. The van der Waals surface area contributed by atoms with Crippen LogP contribution in [0.1, 0.15) is 47.8 Å². The average molecular weight is 559 g/mol. The molecule has 4 aromatic carbocycles. The molecular weight excluding hydrogens is 534 g/mol. The van der Waals surface area contributed by atoms with Gasteiger partial charge in [-0.25, -0.2) is 0 Å². The molecule has 0 aromatic heterocycles. The van der Waals surface area contributed by atoms with Crippen LogP contribution in [-0.4, -0.2) is 0 Å². The van der Waals surface area contributed by atoms with E-state index in [-0.39, 0.29) is 0 Å². The first-order chi connectivity index (χ1) is 16.1. The first kappa shape index (κ1) is 21.2. The minimum absolute atomic E-state index is 0.772. The summed E-state index contributed by atoms with van der Waals surface area (Å²) in [6, 6.07) is 30.9. The Balaban J connectivity index is 1.45. The summed E-state index contributed by atoms with van der Waals surface area (Å²) < 4.78 is 2.16. The Morgan fingerprint density at radius 2 is 1.30 bits per heavy atom. The molecule has 1 fully saturated rings. The molecule has 2 bridgehead atoms. The van der Waals surface area contributed by atoms with Gasteiger partial charge in [-0.15, -0.1) is 0 Å². The maximum atomic E-state index is 3.58. The number of halogens is 2. The smallest absolute Gasteiger partial charge is 0.0467 e. The monoisotopic (exact) mass is 557 g/mol. The summed E-state index contributed by atoms with van der Waals surface area (Å²) in [4.78, 5) is 2.32. The summed E-state index contributed by atoms with van der Waals surface area (Å²) >= 11 is 7.16. The lowest BCUT2D eigenvalue weighted by molar-refractivity contribution is 0.714. The Hall–Kier alpha value is -2.36. The molecule has 2 atom stereocenters. The highest BCUT2D eigenvalue weighted by Crippen LogP contribution is 2.55. The van der Waals surface area contributed by atoms with E-state index in [9.17, 15) is 0 Å². The molecule has 4 aromatic rings.